The lowest BCUT2D eigenvalue weighted by Gasteiger charge is -2.34. The number of benzene rings is 1. The highest BCUT2D eigenvalue weighted by Gasteiger charge is 2.32. The number of halogens is 3. The molecule has 23 heavy (non-hydrogen) atoms. The lowest BCUT2D eigenvalue weighted by Crippen LogP contribution is -2.47. The summed E-state index contributed by atoms with van der Waals surface area (Å²) >= 11 is 0. The van der Waals surface area contributed by atoms with Gasteiger partial charge in [-0.05, 0) is 36.6 Å². The third-order valence-corrected chi connectivity index (χ3v) is 3.76. The van der Waals surface area contributed by atoms with Gasteiger partial charge < -0.3 is 15.3 Å². The number of rotatable bonds is 2. The lowest BCUT2D eigenvalue weighted by molar-refractivity contribution is -0.143. The highest BCUT2D eigenvalue weighted by Crippen LogP contribution is 2.30. The number of carboxylic acid groups (broad SMARTS) is 1. The Morgan fingerprint density at radius 3 is 2.35 bits per heavy atom. The minimum Gasteiger partial charge on any atom is -0.481 e. The van der Waals surface area contributed by atoms with Gasteiger partial charge in [-0.3, -0.25) is 4.79 Å². The van der Waals surface area contributed by atoms with Crippen LogP contribution in [-0.2, 0) is 11.0 Å². The monoisotopic (exact) mass is 330 g/mol. The number of aliphatic carboxylic acids is 1. The Kier molecular flexibility index (Phi) is 4.82. The molecule has 2 rings (SSSR count). The Labute approximate surface area is 131 Å². The quantitative estimate of drug-likeness (QED) is 0.874. The van der Waals surface area contributed by atoms with Gasteiger partial charge in [0.25, 0.3) is 0 Å². The molecule has 1 aliphatic heterocycles. The van der Waals surface area contributed by atoms with Gasteiger partial charge in [-0.1, -0.05) is 6.92 Å². The van der Waals surface area contributed by atoms with Gasteiger partial charge >= 0.3 is 18.2 Å². The van der Waals surface area contributed by atoms with Gasteiger partial charge in [-0.2, -0.15) is 13.2 Å². The molecule has 1 aliphatic rings. The summed E-state index contributed by atoms with van der Waals surface area (Å²) < 4.78 is 37.5. The molecule has 2 atom stereocenters. The minimum atomic E-state index is -4.43. The third-order valence-electron chi connectivity index (χ3n) is 3.76. The second-order valence-electron chi connectivity index (χ2n) is 5.79. The number of urea groups is 1. The summed E-state index contributed by atoms with van der Waals surface area (Å²) in [7, 11) is 0. The first-order chi connectivity index (χ1) is 10.7. The van der Waals surface area contributed by atoms with Crippen molar-refractivity contribution in [1.29, 1.82) is 0 Å². The number of likely N-dealkylation sites (tertiary alicyclic amines) is 1. The smallest absolute Gasteiger partial charge is 0.416 e. The van der Waals surface area contributed by atoms with E-state index in [1.807, 2.05) is 6.92 Å². The van der Waals surface area contributed by atoms with Crippen LogP contribution in [0.5, 0.6) is 0 Å². The van der Waals surface area contributed by atoms with E-state index in [9.17, 15) is 22.8 Å². The maximum atomic E-state index is 12.5. The lowest BCUT2D eigenvalue weighted by atomic mass is 9.91. The predicted octanol–water partition coefficient (Wildman–Crippen LogP) is 3.28. The summed E-state index contributed by atoms with van der Waals surface area (Å²) in [4.78, 5) is 24.6. The fourth-order valence-corrected chi connectivity index (χ4v) is 2.64. The predicted molar refractivity (Wildman–Crippen MR) is 76.9 cm³/mol. The van der Waals surface area contributed by atoms with Crippen LogP contribution in [0.3, 0.4) is 0 Å². The SMILES string of the molecule is CC1CC(C(=O)O)CN(C(=O)Nc2ccc(C(F)(F)F)cc2)C1. The zero-order chi connectivity index (χ0) is 17.2. The van der Waals surface area contributed by atoms with E-state index in [2.05, 4.69) is 5.32 Å². The molecule has 1 aromatic carbocycles. The van der Waals surface area contributed by atoms with Crippen molar-refractivity contribution >= 4 is 17.7 Å². The van der Waals surface area contributed by atoms with Crippen molar-refractivity contribution in [2.75, 3.05) is 18.4 Å². The van der Waals surface area contributed by atoms with Crippen LogP contribution in [-0.4, -0.2) is 35.1 Å². The van der Waals surface area contributed by atoms with Crippen LogP contribution in [0.2, 0.25) is 0 Å². The number of alkyl halides is 3. The Morgan fingerprint density at radius 1 is 1.22 bits per heavy atom. The average molecular weight is 330 g/mol. The van der Waals surface area contributed by atoms with Crippen LogP contribution in [0, 0.1) is 11.8 Å². The fraction of sp³-hybridized carbons (Fsp3) is 0.467. The van der Waals surface area contributed by atoms with E-state index in [1.54, 1.807) is 0 Å². The molecule has 126 valence electrons. The van der Waals surface area contributed by atoms with Crippen molar-refractivity contribution in [3.8, 4) is 0 Å². The number of carbonyl (C=O) groups excluding carboxylic acids is 1. The first kappa shape index (κ1) is 17.1. The van der Waals surface area contributed by atoms with Crippen molar-refractivity contribution in [2.24, 2.45) is 11.8 Å². The summed E-state index contributed by atoms with van der Waals surface area (Å²) in [6.45, 7) is 2.36. The largest absolute Gasteiger partial charge is 0.481 e. The highest BCUT2D eigenvalue weighted by atomic mass is 19.4. The molecule has 0 bridgehead atoms. The van der Waals surface area contributed by atoms with E-state index in [-0.39, 0.29) is 18.2 Å². The van der Waals surface area contributed by atoms with Gasteiger partial charge in [0.05, 0.1) is 11.5 Å². The van der Waals surface area contributed by atoms with E-state index < -0.39 is 29.7 Å². The van der Waals surface area contributed by atoms with Crippen molar-refractivity contribution in [2.45, 2.75) is 19.5 Å². The normalized spacial score (nSPS) is 21.8. The number of carboxylic acids is 1. The molecule has 2 N–H and O–H groups in total. The summed E-state index contributed by atoms with van der Waals surface area (Å²) in [5.41, 5.74) is -0.568. The molecule has 2 amide bonds. The van der Waals surface area contributed by atoms with Gasteiger partial charge in [0.15, 0.2) is 0 Å². The number of nitrogens with zero attached hydrogens (tertiary/aromatic N) is 1. The zero-order valence-corrected chi connectivity index (χ0v) is 12.4. The van der Waals surface area contributed by atoms with Crippen LogP contribution in [0.1, 0.15) is 18.9 Å². The van der Waals surface area contributed by atoms with Gasteiger partial charge in [0.2, 0.25) is 0 Å². The topological polar surface area (TPSA) is 69.6 Å². The summed E-state index contributed by atoms with van der Waals surface area (Å²) in [6.07, 6.45) is -3.93. The first-order valence-electron chi connectivity index (χ1n) is 7.13. The molecule has 8 heteroatoms. The molecule has 1 fully saturated rings. The number of anilines is 1. The number of amides is 2. The molecule has 1 saturated heterocycles. The molecular formula is C15H17F3N2O3. The van der Waals surface area contributed by atoms with Crippen molar-refractivity contribution in [3.05, 3.63) is 29.8 Å². The van der Waals surface area contributed by atoms with E-state index in [4.69, 9.17) is 5.11 Å². The Balaban J connectivity index is 2.02. The Morgan fingerprint density at radius 2 is 1.83 bits per heavy atom. The average Bonchev–Trinajstić information content (AvgIpc) is 2.46. The molecule has 0 aromatic heterocycles. The second-order valence-corrected chi connectivity index (χ2v) is 5.79. The van der Waals surface area contributed by atoms with Crippen molar-refractivity contribution in [3.63, 3.8) is 0 Å². The Hall–Kier alpha value is -2.25. The molecule has 0 aliphatic carbocycles. The van der Waals surface area contributed by atoms with Gasteiger partial charge in [-0.25, -0.2) is 4.79 Å². The number of hydrogen-bond acceptors (Lipinski definition) is 2. The number of hydrogen-bond donors (Lipinski definition) is 2. The first-order valence-corrected chi connectivity index (χ1v) is 7.13. The maximum absolute atomic E-state index is 12.5. The van der Waals surface area contributed by atoms with Crippen LogP contribution in [0.4, 0.5) is 23.7 Å². The molecule has 0 saturated carbocycles. The minimum absolute atomic E-state index is 0.0446. The van der Waals surface area contributed by atoms with Crippen LogP contribution < -0.4 is 5.32 Å². The molecule has 1 heterocycles. The standard InChI is InChI=1S/C15H17F3N2O3/c1-9-6-10(13(21)22)8-20(7-9)14(23)19-12-4-2-11(3-5-12)15(16,17)18/h2-5,9-10H,6-8H2,1H3,(H,19,23)(H,21,22). The van der Waals surface area contributed by atoms with Crippen LogP contribution >= 0.6 is 0 Å². The Bertz CT molecular complexity index is 587. The maximum Gasteiger partial charge on any atom is 0.416 e. The second kappa shape index (κ2) is 6.47. The third kappa shape index (κ3) is 4.37. The van der Waals surface area contributed by atoms with Gasteiger partial charge in [0.1, 0.15) is 0 Å². The fourth-order valence-electron chi connectivity index (χ4n) is 2.64. The molecular weight excluding hydrogens is 313 g/mol. The highest BCUT2D eigenvalue weighted by molar-refractivity contribution is 5.89. The number of piperidine rings is 1. The van der Waals surface area contributed by atoms with Gasteiger partial charge in [-0.15, -0.1) is 0 Å². The summed E-state index contributed by atoms with van der Waals surface area (Å²) in [5, 5.41) is 11.6. The van der Waals surface area contributed by atoms with E-state index in [0.717, 1.165) is 12.1 Å². The van der Waals surface area contributed by atoms with Crippen LogP contribution in [0.25, 0.3) is 0 Å². The molecule has 1 aromatic rings. The molecule has 2 unspecified atom stereocenters. The van der Waals surface area contributed by atoms with Crippen molar-refractivity contribution < 1.29 is 27.9 Å². The van der Waals surface area contributed by atoms with Crippen molar-refractivity contribution in [1.82, 2.24) is 4.90 Å². The summed E-state index contributed by atoms with van der Waals surface area (Å²) in [5.74, 6) is -1.54. The van der Waals surface area contributed by atoms with Gasteiger partial charge in [0, 0.05) is 18.8 Å². The van der Waals surface area contributed by atoms with E-state index in [1.165, 1.54) is 17.0 Å². The zero-order valence-electron chi connectivity index (χ0n) is 12.4. The summed E-state index contributed by atoms with van der Waals surface area (Å²) in [6, 6.07) is 3.59. The molecule has 0 spiro atoms. The van der Waals surface area contributed by atoms with E-state index in [0.29, 0.717) is 13.0 Å². The molecule has 0 radical (unpaired) electrons. The number of carbonyl (C=O) groups is 2. The van der Waals surface area contributed by atoms with E-state index >= 15 is 0 Å². The molecule has 5 nitrogen and oxygen atoms in total. The van der Waals surface area contributed by atoms with Crippen LogP contribution in [0.15, 0.2) is 24.3 Å². The number of nitrogens with one attached hydrogen (secondary N) is 1.